The molecule has 3 heteroatoms. The summed E-state index contributed by atoms with van der Waals surface area (Å²) in [5, 5.41) is 2.26. The maximum absolute atomic E-state index is 4.76. The Balaban J connectivity index is 1.93. The number of fused-ring (bicyclic) bond motifs is 2. The number of para-hydroxylation sites is 2. The van der Waals surface area contributed by atoms with E-state index in [1.807, 2.05) is 42.6 Å². The topological polar surface area (TPSA) is 25.8 Å². The maximum Gasteiger partial charge on any atom is 0.0851 e. The summed E-state index contributed by atoms with van der Waals surface area (Å²) in [6.07, 6.45) is 1.88. The van der Waals surface area contributed by atoms with E-state index in [9.17, 15) is 0 Å². The summed E-state index contributed by atoms with van der Waals surface area (Å²) in [4.78, 5) is 9.27. The number of halogens is 1. The lowest BCUT2D eigenvalue weighted by Gasteiger charge is -2.05. The second-order valence-corrected chi connectivity index (χ2v) is 5.78. The first-order valence-corrected chi connectivity index (χ1v) is 7.51. The van der Waals surface area contributed by atoms with Crippen LogP contribution in [0.5, 0.6) is 0 Å². The molecule has 0 fully saturated rings. The van der Waals surface area contributed by atoms with Crippen molar-refractivity contribution in [2.24, 2.45) is 0 Å². The molecule has 0 aliphatic heterocycles. The number of nitrogens with zero attached hydrogens (tertiary/aromatic N) is 2. The number of hydrogen-bond donors (Lipinski definition) is 0. The van der Waals surface area contributed by atoms with Crippen LogP contribution in [0.2, 0.25) is 0 Å². The second-order valence-electron chi connectivity index (χ2n) is 4.92. The largest absolute Gasteiger partial charge is 0.256 e. The van der Waals surface area contributed by atoms with Crippen LogP contribution in [-0.2, 0) is 0 Å². The van der Waals surface area contributed by atoms with E-state index in [0.717, 1.165) is 37.5 Å². The van der Waals surface area contributed by atoms with Crippen LogP contribution in [0.25, 0.3) is 33.1 Å². The zero-order chi connectivity index (χ0) is 14.2. The van der Waals surface area contributed by atoms with Crippen LogP contribution in [0, 0.1) is 0 Å². The quantitative estimate of drug-likeness (QED) is 0.477. The molecule has 0 N–H and O–H groups in total. The van der Waals surface area contributed by atoms with Gasteiger partial charge in [0.2, 0.25) is 0 Å². The number of rotatable bonds is 1. The van der Waals surface area contributed by atoms with Gasteiger partial charge in [-0.1, -0.05) is 36.4 Å². The molecular formula is C18H11BrN2. The molecule has 0 bridgehead atoms. The average Bonchev–Trinajstić information content (AvgIpc) is 2.54. The minimum absolute atomic E-state index is 0.938. The SMILES string of the molecule is Brc1cccc2ccc(-c3cnc4ccccc4c3)nc12. The fourth-order valence-electron chi connectivity index (χ4n) is 2.48. The Bertz CT molecular complexity index is 963. The molecule has 2 aromatic heterocycles. The Morgan fingerprint density at radius 3 is 2.62 bits per heavy atom. The highest BCUT2D eigenvalue weighted by atomic mass is 79.9. The van der Waals surface area contributed by atoms with Gasteiger partial charge in [-0.05, 0) is 40.2 Å². The predicted molar refractivity (Wildman–Crippen MR) is 90.2 cm³/mol. The van der Waals surface area contributed by atoms with Crippen LogP contribution in [0.3, 0.4) is 0 Å². The summed E-state index contributed by atoms with van der Waals surface area (Å²) in [5.74, 6) is 0. The summed E-state index contributed by atoms with van der Waals surface area (Å²) in [7, 11) is 0. The van der Waals surface area contributed by atoms with Crippen molar-refractivity contribution in [1.82, 2.24) is 9.97 Å². The molecule has 0 unspecified atom stereocenters. The van der Waals surface area contributed by atoms with Gasteiger partial charge < -0.3 is 0 Å². The molecule has 2 heterocycles. The Morgan fingerprint density at radius 1 is 0.810 bits per heavy atom. The first kappa shape index (κ1) is 12.5. The summed E-state index contributed by atoms with van der Waals surface area (Å²) in [6.45, 7) is 0. The first-order valence-electron chi connectivity index (χ1n) is 6.72. The molecule has 2 aromatic carbocycles. The van der Waals surface area contributed by atoms with Gasteiger partial charge in [0, 0.05) is 27.0 Å². The molecule has 21 heavy (non-hydrogen) atoms. The van der Waals surface area contributed by atoms with Gasteiger partial charge >= 0.3 is 0 Å². The summed E-state index contributed by atoms with van der Waals surface area (Å²) < 4.78 is 1.01. The van der Waals surface area contributed by atoms with Gasteiger partial charge in [0.05, 0.1) is 16.7 Å². The van der Waals surface area contributed by atoms with Crippen molar-refractivity contribution in [1.29, 1.82) is 0 Å². The molecule has 0 spiro atoms. The molecule has 0 amide bonds. The molecule has 2 nitrogen and oxygen atoms in total. The highest BCUT2D eigenvalue weighted by Crippen LogP contribution is 2.27. The van der Waals surface area contributed by atoms with Gasteiger partial charge in [0.25, 0.3) is 0 Å². The fraction of sp³-hybridized carbons (Fsp3) is 0. The third kappa shape index (κ3) is 2.20. The Kier molecular flexibility index (Phi) is 2.93. The van der Waals surface area contributed by atoms with Crippen LogP contribution in [0.4, 0.5) is 0 Å². The van der Waals surface area contributed by atoms with E-state index in [0.29, 0.717) is 0 Å². The zero-order valence-electron chi connectivity index (χ0n) is 11.1. The van der Waals surface area contributed by atoms with Gasteiger partial charge in [-0.3, -0.25) is 4.98 Å². The van der Waals surface area contributed by atoms with Crippen LogP contribution in [0.15, 0.2) is 71.3 Å². The van der Waals surface area contributed by atoms with E-state index >= 15 is 0 Å². The fourth-order valence-corrected chi connectivity index (χ4v) is 2.95. The van der Waals surface area contributed by atoms with Crippen molar-refractivity contribution < 1.29 is 0 Å². The molecule has 0 aliphatic carbocycles. The molecule has 100 valence electrons. The monoisotopic (exact) mass is 334 g/mol. The van der Waals surface area contributed by atoms with Gasteiger partial charge in [-0.25, -0.2) is 4.98 Å². The first-order chi connectivity index (χ1) is 10.3. The van der Waals surface area contributed by atoms with Crippen molar-refractivity contribution in [2.45, 2.75) is 0 Å². The van der Waals surface area contributed by atoms with Gasteiger partial charge in [0.15, 0.2) is 0 Å². The van der Waals surface area contributed by atoms with Crippen LogP contribution < -0.4 is 0 Å². The number of benzene rings is 2. The number of pyridine rings is 2. The van der Waals surface area contributed by atoms with Crippen LogP contribution in [0.1, 0.15) is 0 Å². The lowest BCUT2D eigenvalue weighted by molar-refractivity contribution is 1.35. The highest BCUT2D eigenvalue weighted by Gasteiger charge is 2.05. The van der Waals surface area contributed by atoms with Gasteiger partial charge in [0.1, 0.15) is 0 Å². The lowest BCUT2D eigenvalue weighted by Crippen LogP contribution is -1.88. The predicted octanol–water partition coefficient (Wildman–Crippen LogP) is 5.21. The molecule has 4 aromatic rings. The summed E-state index contributed by atoms with van der Waals surface area (Å²) in [6, 6.07) is 20.5. The maximum atomic E-state index is 4.76. The van der Waals surface area contributed by atoms with Crippen molar-refractivity contribution in [3.8, 4) is 11.3 Å². The third-order valence-electron chi connectivity index (χ3n) is 3.56. The van der Waals surface area contributed by atoms with E-state index < -0.39 is 0 Å². The summed E-state index contributed by atoms with van der Waals surface area (Å²) in [5.41, 5.74) is 3.95. The third-order valence-corrected chi connectivity index (χ3v) is 4.20. The molecule has 4 rings (SSSR count). The van der Waals surface area contributed by atoms with Crippen molar-refractivity contribution >= 4 is 37.7 Å². The smallest absolute Gasteiger partial charge is 0.0851 e. The second kappa shape index (κ2) is 4.93. The number of hydrogen-bond acceptors (Lipinski definition) is 2. The van der Waals surface area contributed by atoms with Crippen molar-refractivity contribution in [3.63, 3.8) is 0 Å². The van der Waals surface area contributed by atoms with E-state index in [1.54, 1.807) is 0 Å². The molecule has 0 saturated carbocycles. The molecule has 0 saturated heterocycles. The van der Waals surface area contributed by atoms with Crippen LogP contribution in [-0.4, -0.2) is 9.97 Å². The minimum Gasteiger partial charge on any atom is -0.256 e. The molecule has 0 aliphatic rings. The Morgan fingerprint density at radius 2 is 1.67 bits per heavy atom. The molecule has 0 atom stereocenters. The average molecular weight is 335 g/mol. The van der Waals surface area contributed by atoms with E-state index in [1.165, 1.54) is 0 Å². The van der Waals surface area contributed by atoms with Crippen LogP contribution >= 0.6 is 15.9 Å². The normalized spacial score (nSPS) is 11.1. The van der Waals surface area contributed by atoms with Crippen molar-refractivity contribution in [2.75, 3.05) is 0 Å². The Hall–Kier alpha value is -2.26. The highest BCUT2D eigenvalue weighted by molar-refractivity contribution is 9.10. The van der Waals surface area contributed by atoms with E-state index in [-0.39, 0.29) is 0 Å². The minimum atomic E-state index is 0.938. The van der Waals surface area contributed by atoms with Gasteiger partial charge in [-0.2, -0.15) is 0 Å². The van der Waals surface area contributed by atoms with Gasteiger partial charge in [-0.15, -0.1) is 0 Å². The van der Waals surface area contributed by atoms with Crippen molar-refractivity contribution in [3.05, 3.63) is 71.3 Å². The lowest BCUT2D eigenvalue weighted by atomic mass is 10.1. The zero-order valence-corrected chi connectivity index (χ0v) is 12.7. The van der Waals surface area contributed by atoms with E-state index in [2.05, 4.69) is 45.2 Å². The Labute approximate surface area is 130 Å². The molecular weight excluding hydrogens is 324 g/mol. The molecule has 0 radical (unpaired) electrons. The number of aromatic nitrogens is 2. The standard InChI is InChI=1S/C18H11BrN2/c19-15-6-3-5-12-8-9-17(21-18(12)15)14-10-13-4-1-2-7-16(13)20-11-14/h1-11H. The summed E-state index contributed by atoms with van der Waals surface area (Å²) >= 11 is 3.57. The van der Waals surface area contributed by atoms with E-state index in [4.69, 9.17) is 4.98 Å².